The van der Waals surface area contributed by atoms with Crippen LogP contribution in [0.25, 0.3) is 0 Å². The molecule has 0 aromatic carbocycles. The summed E-state index contributed by atoms with van der Waals surface area (Å²) in [5, 5.41) is 8.70. The van der Waals surface area contributed by atoms with E-state index in [2.05, 4.69) is 4.74 Å². The van der Waals surface area contributed by atoms with Gasteiger partial charge in [-0.15, -0.1) is 0 Å². The molecule has 0 amide bonds. The predicted molar refractivity (Wildman–Crippen MR) is 58.3 cm³/mol. The van der Waals surface area contributed by atoms with Crippen molar-refractivity contribution in [1.29, 1.82) is 0 Å². The fraction of sp³-hybridized carbons (Fsp3) is 0.909. The van der Waals surface area contributed by atoms with E-state index in [-0.39, 0.29) is 13.2 Å². The number of carboxylic acids is 1. The summed E-state index contributed by atoms with van der Waals surface area (Å²) in [6.07, 6.45) is -1.66. The van der Waals surface area contributed by atoms with Crippen molar-refractivity contribution in [3.63, 3.8) is 0 Å². The highest BCUT2D eigenvalue weighted by molar-refractivity contribution is 5.69. The Hall–Kier alpha value is -0.820. The molecule has 18 heavy (non-hydrogen) atoms. The normalized spacial score (nSPS) is 16.2. The molecule has 0 aliphatic heterocycles. The number of carbonyl (C=O) groups is 1. The Bertz CT molecular complexity index is 267. The molecule has 0 heterocycles. The molecule has 0 spiro atoms. The van der Waals surface area contributed by atoms with E-state index in [0.717, 1.165) is 12.8 Å². The molecule has 1 aliphatic rings. The summed E-state index contributed by atoms with van der Waals surface area (Å²) in [4.78, 5) is 12.4. The summed E-state index contributed by atoms with van der Waals surface area (Å²) < 4.78 is 39.8. The van der Waals surface area contributed by atoms with Gasteiger partial charge >= 0.3 is 12.1 Å². The van der Waals surface area contributed by atoms with Gasteiger partial charge in [0, 0.05) is 19.7 Å². The van der Waals surface area contributed by atoms with Crippen LogP contribution in [0, 0.1) is 5.92 Å². The smallest absolute Gasteiger partial charge is 0.411 e. The Kier molecular flexibility index (Phi) is 5.87. The van der Waals surface area contributed by atoms with Crippen LogP contribution < -0.4 is 0 Å². The fourth-order valence-electron chi connectivity index (χ4n) is 1.67. The van der Waals surface area contributed by atoms with Crippen molar-refractivity contribution < 1.29 is 27.8 Å². The third-order valence-electron chi connectivity index (χ3n) is 2.60. The van der Waals surface area contributed by atoms with Crippen LogP contribution in [0.15, 0.2) is 0 Å². The first kappa shape index (κ1) is 15.2. The summed E-state index contributed by atoms with van der Waals surface area (Å²) in [7, 11) is 0. The maximum Gasteiger partial charge on any atom is 0.411 e. The van der Waals surface area contributed by atoms with Gasteiger partial charge in [0.15, 0.2) is 0 Å². The molecule has 0 atom stereocenters. The fourth-order valence-corrected chi connectivity index (χ4v) is 1.67. The molecular formula is C11H18F3NO3. The molecule has 0 unspecified atom stereocenters. The lowest BCUT2D eigenvalue weighted by molar-refractivity contribution is -0.174. The summed E-state index contributed by atoms with van der Waals surface area (Å²) in [5.74, 6) is -0.354. The third kappa shape index (κ3) is 8.30. The molecule has 106 valence electrons. The number of halogens is 3. The first-order valence-electron chi connectivity index (χ1n) is 5.95. The molecule has 1 N–H and O–H groups in total. The van der Waals surface area contributed by atoms with E-state index in [1.54, 1.807) is 4.90 Å². The molecular weight excluding hydrogens is 251 g/mol. The summed E-state index contributed by atoms with van der Waals surface area (Å²) in [5.41, 5.74) is 0. The Labute approximate surface area is 104 Å². The zero-order valence-corrected chi connectivity index (χ0v) is 10.1. The van der Waals surface area contributed by atoms with Crippen molar-refractivity contribution in [3.05, 3.63) is 0 Å². The third-order valence-corrected chi connectivity index (χ3v) is 2.60. The van der Waals surface area contributed by atoms with E-state index >= 15 is 0 Å². The maximum atomic E-state index is 11.8. The molecule has 0 saturated heterocycles. The topological polar surface area (TPSA) is 49.8 Å². The zero-order valence-electron chi connectivity index (χ0n) is 10.1. The van der Waals surface area contributed by atoms with Crippen molar-refractivity contribution in [3.8, 4) is 0 Å². The molecule has 1 fully saturated rings. The van der Waals surface area contributed by atoms with E-state index in [9.17, 15) is 18.0 Å². The quantitative estimate of drug-likeness (QED) is 0.648. The van der Waals surface area contributed by atoms with Crippen LogP contribution in [0.4, 0.5) is 13.2 Å². The highest BCUT2D eigenvalue weighted by atomic mass is 19.4. The lowest BCUT2D eigenvalue weighted by Gasteiger charge is -2.19. The molecule has 1 aliphatic carbocycles. The van der Waals surface area contributed by atoms with Crippen LogP contribution in [-0.2, 0) is 9.53 Å². The van der Waals surface area contributed by atoms with Crippen molar-refractivity contribution >= 4 is 5.97 Å². The van der Waals surface area contributed by atoms with Crippen LogP contribution in [0.2, 0.25) is 0 Å². The van der Waals surface area contributed by atoms with Crippen molar-refractivity contribution in [2.45, 2.75) is 25.4 Å². The Morgan fingerprint density at radius 1 is 1.39 bits per heavy atom. The van der Waals surface area contributed by atoms with E-state index in [1.165, 1.54) is 0 Å². The first-order chi connectivity index (χ1) is 8.37. The largest absolute Gasteiger partial charge is 0.480 e. The molecule has 1 saturated carbocycles. The minimum absolute atomic E-state index is 0.000293. The molecule has 4 nitrogen and oxygen atoms in total. The van der Waals surface area contributed by atoms with Gasteiger partial charge in [-0.1, -0.05) is 0 Å². The van der Waals surface area contributed by atoms with Crippen molar-refractivity contribution in [2.75, 3.05) is 32.8 Å². The lowest BCUT2D eigenvalue weighted by atomic mass is 10.3. The average Bonchev–Trinajstić information content (AvgIpc) is 2.98. The second kappa shape index (κ2) is 6.94. The highest BCUT2D eigenvalue weighted by Crippen LogP contribution is 2.29. The molecule has 0 bridgehead atoms. The number of hydrogen-bond donors (Lipinski definition) is 1. The van der Waals surface area contributed by atoms with Gasteiger partial charge in [-0.2, -0.15) is 13.2 Å². The number of alkyl halides is 3. The molecule has 1 rings (SSSR count). The number of ether oxygens (including phenoxy) is 1. The maximum absolute atomic E-state index is 11.8. The Balaban J connectivity index is 2.10. The van der Waals surface area contributed by atoms with Gasteiger partial charge in [-0.05, 0) is 25.2 Å². The number of rotatable bonds is 9. The van der Waals surface area contributed by atoms with Crippen molar-refractivity contribution in [2.24, 2.45) is 5.92 Å². The predicted octanol–water partition coefficient (Wildman–Crippen LogP) is 1.75. The van der Waals surface area contributed by atoms with Gasteiger partial charge in [-0.3, -0.25) is 9.69 Å². The number of aliphatic carboxylic acids is 1. The first-order valence-corrected chi connectivity index (χ1v) is 5.95. The summed E-state index contributed by atoms with van der Waals surface area (Å²) in [6, 6.07) is 0. The monoisotopic (exact) mass is 269 g/mol. The van der Waals surface area contributed by atoms with Gasteiger partial charge < -0.3 is 9.84 Å². The Morgan fingerprint density at radius 2 is 2.06 bits per heavy atom. The second-order valence-electron chi connectivity index (χ2n) is 4.59. The molecule has 0 aromatic rings. The second-order valence-corrected chi connectivity index (χ2v) is 4.59. The number of nitrogens with zero attached hydrogens (tertiary/aromatic N) is 1. The van der Waals surface area contributed by atoms with Crippen LogP contribution in [0.5, 0.6) is 0 Å². The number of carboxylic acid groups (broad SMARTS) is 1. The standard InChI is InChI=1S/C11H18F3NO3/c12-11(13,14)8-18-5-1-4-15(7-10(16)17)6-9-2-3-9/h9H,1-8H2,(H,16,17). The Morgan fingerprint density at radius 3 is 2.56 bits per heavy atom. The van der Waals surface area contributed by atoms with Crippen LogP contribution in [-0.4, -0.2) is 55.0 Å². The minimum atomic E-state index is -4.30. The molecule has 0 aromatic heterocycles. The van der Waals surface area contributed by atoms with E-state index in [0.29, 0.717) is 25.4 Å². The van der Waals surface area contributed by atoms with Gasteiger partial charge in [0.1, 0.15) is 6.61 Å². The van der Waals surface area contributed by atoms with Gasteiger partial charge in [0.2, 0.25) is 0 Å². The van der Waals surface area contributed by atoms with Crippen LogP contribution >= 0.6 is 0 Å². The molecule has 0 radical (unpaired) electrons. The average molecular weight is 269 g/mol. The van der Waals surface area contributed by atoms with Gasteiger partial charge in [0.05, 0.1) is 6.54 Å². The van der Waals surface area contributed by atoms with Gasteiger partial charge in [-0.25, -0.2) is 0 Å². The van der Waals surface area contributed by atoms with Crippen LogP contribution in [0.3, 0.4) is 0 Å². The lowest BCUT2D eigenvalue weighted by Crippen LogP contribution is -2.33. The highest BCUT2D eigenvalue weighted by Gasteiger charge is 2.27. The minimum Gasteiger partial charge on any atom is -0.480 e. The van der Waals surface area contributed by atoms with Gasteiger partial charge in [0.25, 0.3) is 0 Å². The zero-order chi connectivity index (χ0) is 13.6. The SMILES string of the molecule is O=C(O)CN(CCCOCC(F)(F)F)CC1CC1. The van der Waals surface area contributed by atoms with E-state index in [1.807, 2.05) is 0 Å². The van der Waals surface area contributed by atoms with E-state index < -0.39 is 18.8 Å². The van der Waals surface area contributed by atoms with Crippen molar-refractivity contribution in [1.82, 2.24) is 4.90 Å². The van der Waals surface area contributed by atoms with E-state index in [4.69, 9.17) is 5.11 Å². The number of hydrogen-bond acceptors (Lipinski definition) is 3. The molecule has 7 heteroatoms. The van der Waals surface area contributed by atoms with Crippen LogP contribution in [0.1, 0.15) is 19.3 Å². The summed E-state index contributed by atoms with van der Waals surface area (Å²) in [6.45, 7) is -0.128. The summed E-state index contributed by atoms with van der Waals surface area (Å²) >= 11 is 0.